The van der Waals surface area contributed by atoms with Crippen LogP contribution in [-0.2, 0) is 4.75 Å². The maximum absolute atomic E-state index is 5.35. The van der Waals surface area contributed by atoms with Gasteiger partial charge in [0.25, 0.3) is 0 Å². The molecule has 0 heterocycles. The second-order valence-corrected chi connectivity index (χ2v) is 5.79. The van der Waals surface area contributed by atoms with E-state index >= 15 is 0 Å². The van der Waals surface area contributed by atoms with Crippen molar-refractivity contribution in [3.05, 3.63) is 29.3 Å². The number of hydrogen-bond acceptors (Lipinski definition) is 2. The molecule has 84 valence electrons. The summed E-state index contributed by atoms with van der Waals surface area (Å²) < 4.78 is 5.25. The van der Waals surface area contributed by atoms with E-state index in [-0.39, 0.29) is 4.75 Å². The van der Waals surface area contributed by atoms with Gasteiger partial charge in [0.15, 0.2) is 0 Å². The highest BCUT2D eigenvalue weighted by atomic mass is 32.1. The lowest BCUT2D eigenvalue weighted by Gasteiger charge is -2.21. The predicted octanol–water partition coefficient (Wildman–Crippen LogP) is 3.98. The van der Waals surface area contributed by atoms with Crippen molar-refractivity contribution in [1.82, 2.24) is 0 Å². The van der Waals surface area contributed by atoms with Crippen LogP contribution in [-0.4, -0.2) is 7.11 Å². The van der Waals surface area contributed by atoms with Gasteiger partial charge in [0.2, 0.25) is 0 Å². The average Bonchev–Trinajstić information content (AvgIpc) is 2.15. The van der Waals surface area contributed by atoms with Gasteiger partial charge in [-0.2, -0.15) is 12.6 Å². The molecule has 0 N–H and O–H groups in total. The summed E-state index contributed by atoms with van der Waals surface area (Å²) >= 11 is 4.58. The first kappa shape index (κ1) is 12.4. The minimum Gasteiger partial charge on any atom is -0.496 e. The van der Waals surface area contributed by atoms with Crippen LogP contribution in [0.4, 0.5) is 0 Å². The Morgan fingerprint density at radius 1 is 1.27 bits per heavy atom. The lowest BCUT2D eigenvalue weighted by Crippen LogP contribution is -2.09. The first-order valence-electron chi connectivity index (χ1n) is 5.27. The number of thiol groups is 1. The van der Waals surface area contributed by atoms with E-state index in [0.717, 1.165) is 5.75 Å². The van der Waals surface area contributed by atoms with E-state index in [2.05, 4.69) is 52.5 Å². The molecular weight excluding hydrogens is 204 g/mol. The van der Waals surface area contributed by atoms with Gasteiger partial charge in [-0.05, 0) is 37.0 Å². The molecule has 0 spiro atoms. The molecule has 0 saturated heterocycles. The zero-order valence-corrected chi connectivity index (χ0v) is 11.1. The van der Waals surface area contributed by atoms with Crippen LogP contribution >= 0.6 is 12.6 Å². The van der Waals surface area contributed by atoms with E-state index in [1.165, 1.54) is 11.1 Å². The lowest BCUT2D eigenvalue weighted by atomic mass is 9.94. The van der Waals surface area contributed by atoms with Crippen molar-refractivity contribution in [2.24, 2.45) is 0 Å². The summed E-state index contributed by atoms with van der Waals surface area (Å²) in [6, 6.07) is 6.30. The standard InChI is InChI=1S/C13H20OS/c1-9(2)11-8-10(13(3,4)15)6-7-12(11)14-5/h6-9,15H,1-5H3. The van der Waals surface area contributed by atoms with Crippen LogP contribution < -0.4 is 4.74 Å². The molecule has 1 rings (SSSR count). The fraction of sp³-hybridized carbons (Fsp3) is 0.538. The molecule has 0 aliphatic carbocycles. The Balaban J connectivity index is 3.22. The van der Waals surface area contributed by atoms with Gasteiger partial charge in [-0.15, -0.1) is 0 Å². The van der Waals surface area contributed by atoms with Gasteiger partial charge in [-0.1, -0.05) is 26.0 Å². The fourth-order valence-corrected chi connectivity index (χ4v) is 1.71. The van der Waals surface area contributed by atoms with E-state index < -0.39 is 0 Å². The summed E-state index contributed by atoms with van der Waals surface area (Å²) in [5.74, 6) is 1.43. The van der Waals surface area contributed by atoms with Crippen molar-refractivity contribution < 1.29 is 4.74 Å². The van der Waals surface area contributed by atoms with Crippen LogP contribution in [0.3, 0.4) is 0 Å². The van der Waals surface area contributed by atoms with Gasteiger partial charge in [0.05, 0.1) is 7.11 Å². The number of rotatable bonds is 3. The summed E-state index contributed by atoms with van der Waals surface area (Å²) in [5.41, 5.74) is 2.48. The highest BCUT2D eigenvalue weighted by molar-refractivity contribution is 7.81. The number of methoxy groups -OCH3 is 1. The average molecular weight is 224 g/mol. The van der Waals surface area contributed by atoms with Crippen molar-refractivity contribution in [2.45, 2.75) is 38.4 Å². The summed E-state index contributed by atoms with van der Waals surface area (Å²) in [6.45, 7) is 8.55. The topological polar surface area (TPSA) is 9.23 Å². The predicted molar refractivity (Wildman–Crippen MR) is 69.1 cm³/mol. The molecule has 1 aromatic carbocycles. The molecule has 0 aliphatic rings. The number of hydrogen-bond donors (Lipinski definition) is 1. The third-order valence-corrected chi connectivity index (χ3v) is 2.82. The molecule has 0 bridgehead atoms. The van der Waals surface area contributed by atoms with Crippen LogP contribution in [0, 0.1) is 0 Å². The zero-order valence-electron chi connectivity index (χ0n) is 10.2. The number of benzene rings is 1. The second-order valence-electron chi connectivity index (χ2n) is 4.67. The largest absolute Gasteiger partial charge is 0.496 e. The Kier molecular flexibility index (Phi) is 3.72. The molecule has 0 saturated carbocycles. The minimum atomic E-state index is -0.101. The molecule has 0 aromatic heterocycles. The first-order chi connectivity index (χ1) is 6.86. The van der Waals surface area contributed by atoms with Gasteiger partial charge in [-0.25, -0.2) is 0 Å². The quantitative estimate of drug-likeness (QED) is 0.764. The molecule has 0 radical (unpaired) electrons. The van der Waals surface area contributed by atoms with E-state index in [1.54, 1.807) is 7.11 Å². The Bertz CT molecular complexity index is 337. The maximum Gasteiger partial charge on any atom is 0.122 e. The summed E-state index contributed by atoms with van der Waals surface area (Å²) in [5, 5.41) is 0. The Morgan fingerprint density at radius 2 is 1.87 bits per heavy atom. The molecule has 0 unspecified atom stereocenters. The number of ether oxygens (including phenoxy) is 1. The van der Waals surface area contributed by atoms with E-state index in [9.17, 15) is 0 Å². The molecule has 0 aliphatic heterocycles. The van der Waals surface area contributed by atoms with Crippen LogP contribution in [0.5, 0.6) is 5.75 Å². The lowest BCUT2D eigenvalue weighted by molar-refractivity contribution is 0.407. The first-order valence-corrected chi connectivity index (χ1v) is 5.71. The zero-order chi connectivity index (χ0) is 11.6. The molecule has 0 fully saturated rings. The van der Waals surface area contributed by atoms with Crippen molar-refractivity contribution >= 4 is 12.6 Å². The van der Waals surface area contributed by atoms with Gasteiger partial charge in [0.1, 0.15) is 5.75 Å². The highest BCUT2D eigenvalue weighted by Crippen LogP contribution is 2.33. The highest BCUT2D eigenvalue weighted by Gasteiger charge is 2.17. The molecule has 0 atom stereocenters. The SMILES string of the molecule is COc1ccc(C(C)(C)S)cc1C(C)C. The van der Waals surface area contributed by atoms with Gasteiger partial charge < -0.3 is 4.74 Å². The van der Waals surface area contributed by atoms with Crippen LogP contribution in [0.1, 0.15) is 44.7 Å². The van der Waals surface area contributed by atoms with Crippen molar-refractivity contribution in [3.8, 4) is 5.75 Å². The molecule has 0 amide bonds. The molecule has 2 heteroatoms. The van der Waals surface area contributed by atoms with Crippen molar-refractivity contribution in [2.75, 3.05) is 7.11 Å². The summed E-state index contributed by atoms with van der Waals surface area (Å²) in [6.07, 6.45) is 0. The van der Waals surface area contributed by atoms with Crippen LogP contribution in [0.15, 0.2) is 18.2 Å². The van der Waals surface area contributed by atoms with Gasteiger partial charge >= 0.3 is 0 Å². The van der Waals surface area contributed by atoms with Crippen molar-refractivity contribution in [3.63, 3.8) is 0 Å². The normalized spacial score (nSPS) is 11.9. The van der Waals surface area contributed by atoms with E-state index in [0.29, 0.717) is 5.92 Å². The third kappa shape index (κ3) is 2.91. The molecule has 15 heavy (non-hydrogen) atoms. The van der Waals surface area contributed by atoms with E-state index in [1.807, 2.05) is 6.07 Å². The monoisotopic (exact) mass is 224 g/mol. The molecule has 1 aromatic rings. The van der Waals surface area contributed by atoms with Gasteiger partial charge in [0, 0.05) is 4.75 Å². The molecule has 1 nitrogen and oxygen atoms in total. The summed E-state index contributed by atoms with van der Waals surface area (Å²) in [4.78, 5) is 0. The second kappa shape index (κ2) is 4.48. The van der Waals surface area contributed by atoms with Crippen LogP contribution in [0.2, 0.25) is 0 Å². The Labute approximate surface area is 98.3 Å². The molecular formula is C13H20OS. The Morgan fingerprint density at radius 3 is 2.27 bits per heavy atom. The van der Waals surface area contributed by atoms with Crippen molar-refractivity contribution in [1.29, 1.82) is 0 Å². The Hall–Kier alpha value is -0.630. The van der Waals surface area contributed by atoms with Crippen LogP contribution in [0.25, 0.3) is 0 Å². The van der Waals surface area contributed by atoms with E-state index in [4.69, 9.17) is 4.74 Å². The maximum atomic E-state index is 5.35. The fourth-order valence-electron chi connectivity index (χ4n) is 1.57. The minimum absolute atomic E-state index is 0.101. The third-order valence-electron chi connectivity index (χ3n) is 2.56. The van der Waals surface area contributed by atoms with Gasteiger partial charge in [-0.3, -0.25) is 0 Å². The summed E-state index contributed by atoms with van der Waals surface area (Å²) in [7, 11) is 1.72. The smallest absolute Gasteiger partial charge is 0.122 e.